The van der Waals surface area contributed by atoms with E-state index in [0.717, 1.165) is 11.5 Å². The Morgan fingerprint density at radius 1 is 0.759 bits per heavy atom. The Morgan fingerprint density at radius 3 is 2.07 bits per heavy atom. The molecule has 150 valence electrons. The molecule has 0 spiro atoms. The first kappa shape index (κ1) is 19.8. The molecule has 0 unspecified atom stereocenters. The largest absolute Gasteiger partial charge is 0.204 e. The van der Waals surface area contributed by atoms with Crippen LogP contribution in [0.1, 0.15) is 62.0 Å². The van der Waals surface area contributed by atoms with E-state index >= 15 is 0 Å². The smallest absolute Gasteiger partial charge is 0.159 e. The molecule has 1 aliphatic rings. The van der Waals surface area contributed by atoms with Crippen molar-refractivity contribution < 1.29 is 8.78 Å². The number of benzene rings is 3. The second-order valence-electron chi connectivity index (χ2n) is 8.52. The zero-order chi connectivity index (χ0) is 20.2. The molecule has 0 saturated heterocycles. The number of halogens is 2. The average molecular weight is 391 g/mol. The molecule has 1 aliphatic carbocycles. The van der Waals surface area contributed by atoms with Gasteiger partial charge in [0.15, 0.2) is 11.6 Å². The summed E-state index contributed by atoms with van der Waals surface area (Å²) in [4.78, 5) is 0. The van der Waals surface area contributed by atoms with Crippen molar-refractivity contribution in [3.05, 3.63) is 95.6 Å². The van der Waals surface area contributed by atoms with Crippen molar-refractivity contribution in [2.75, 3.05) is 0 Å². The van der Waals surface area contributed by atoms with E-state index in [4.69, 9.17) is 0 Å². The van der Waals surface area contributed by atoms with Crippen LogP contribution in [0.25, 0.3) is 11.1 Å². The fraction of sp³-hybridized carbons (Fsp3) is 0.333. The van der Waals surface area contributed by atoms with Gasteiger partial charge in [0.1, 0.15) is 0 Å². The summed E-state index contributed by atoms with van der Waals surface area (Å²) in [6, 6.07) is 23.3. The third-order valence-electron chi connectivity index (χ3n) is 6.54. The molecule has 0 amide bonds. The van der Waals surface area contributed by atoms with Crippen molar-refractivity contribution >= 4 is 0 Å². The second-order valence-corrected chi connectivity index (χ2v) is 8.52. The molecule has 3 aromatic rings. The maximum absolute atomic E-state index is 13.5. The van der Waals surface area contributed by atoms with Crippen molar-refractivity contribution in [3.63, 3.8) is 0 Å². The third kappa shape index (κ3) is 4.75. The Hall–Kier alpha value is -2.48. The first-order chi connectivity index (χ1) is 14.1. The Kier molecular flexibility index (Phi) is 6.08. The monoisotopic (exact) mass is 390 g/mol. The predicted octanol–water partition coefficient (Wildman–Crippen LogP) is 8.10. The fourth-order valence-electron chi connectivity index (χ4n) is 4.77. The van der Waals surface area contributed by atoms with Gasteiger partial charge in [-0.2, -0.15) is 0 Å². The summed E-state index contributed by atoms with van der Waals surface area (Å²) in [7, 11) is 0. The van der Waals surface area contributed by atoms with Crippen molar-refractivity contribution in [2.24, 2.45) is 5.92 Å². The summed E-state index contributed by atoms with van der Waals surface area (Å²) in [6.45, 7) is 2.35. The molecule has 2 heteroatoms. The lowest BCUT2D eigenvalue weighted by molar-refractivity contribution is 0.297. The minimum absolute atomic E-state index is 0.609. The van der Waals surface area contributed by atoms with Gasteiger partial charge in [0.25, 0.3) is 0 Å². The molecule has 4 rings (SSSR count). The summed E-state index contributed by atoms with van der Waals surface area (Å²) >= 11 is 0. The van der Waals surface area contributed by atoms with Crippen molar-refractivity contribution in [2.45, 2.75) is 50.9 Å². The highest BCUT2D eigenvalue weighted by Gasteiger charge is 2.24. The Morgan fingerprint density at radius 2 is 1.41 bits per heavy atom. The molecular formula is C27H28F2. The summed E-state index contributed by atoms with van der Waals surface area (Å²) in [6.07, 6.45) is 6.30. The van der Waals surface area contributed by atoms with Gasteiger partial charge in [-0.3, -0.25) is 0 Å². The molecule has 0 nitrogen and oxygen atoms in total. The molecular weight excluding hydrogens is 362 g/mol. The zero-order valence-electron chi connectivity index (χ0n) is 17.0. The maximum atomic E-state index is 13.5. The minimum Gasteiger partial charge on any atom is -0.204 e. The summed E-state index contributed by atoms with van der Waals surface area (Å²) in [5.41, 5.74) is 4.46. The van der Waals surface area contributed by atoms with Crippen LogP contribution in [0.4, 0.5) is 8.78 Å². The van der Waals surface area contributed by atoms with E-state index < -0.39 is 11.6 Å². The van der Waals surface area contributed by atoms with E-state index in [9.17, 15) is 8.78 Å². The standard InChI is InChI=1S/C27H28F2/c1-19(21-5-3-2-4-6-21)17-20-7-9-22(10-8-20)23-11-13-24(14-12-23)25-15-16-26(28)27(29)18-25/h2-6,11-16,18-20,22H,7-10,17H2,1H3/t19-,20?,22?/m1/s1. The van der Waals surface area contributed by atoms with Crippen molar-refractivity contribution in [1.82, 2.24) is 0 Å². The Labute approximate surface area is 172 Å². The average Bonchev–Trinajstić information content (AvgIpc) is 2.77. The van der Waals surface area contributed by atoms with Crippen LogP contribution in [0.2, 0.25) is 0 Å². The molecule has 0 aliphatic heterocycles. The normalized spacial score (nSPS) is 20.4. The summed E-state index contributed by atoms with van der Waals surface area (Å²) < 4.78 is 26.6. The van der Waals surface area contributed by atoms with E-state index in [1.807, 2.05) is 12.1 Å². The second kappa shape index (κ2) is 8.90. The van der Waals surface area contributed by atoms with E-state index in [-0.39, 0.29) is 0 Å². The Balaban J connectivity index is 1.34. The topological polar surface area (TPSA) is 0 Å². The third-order valence-corrected chi connectivity index (χ3v) is 6.54. The molecule has 0 bridgehead atoms. The number of rotatable bonds is 5. The molecule has 1 fully saturated rings. The Bertz CT molecular complexity index is 923. The molecule has 1 atom stereocenters. The summed E-state index contributed by atoms with van der Waals surface area (Å²) in [5, 5.41) is 0. The van der Waals surface area contributed by atoms with E-state index in [1.165, 1.54) is 55.4 Å². The first-order valence-electron chi connectivity index (χ1n) is 10.7. The van der Waals surface area contributed by atoms with Crippen LogP contribution in [0.5, 0.6) is 0 Å². The highest BCUT2D eigenvalue weighted by Crippen LogP contribution is 2.40. The van der Waals surface area contributed by atoms with Crippen LogP contribution in [0.3, 0.4) is 0 Å². The molecule has 1 saturated carbocycles. The molecule has 3 aromatic carbocycles. The van der Waals surface area contributed by atoms with E-state index in [2.05, 4.69) is 49.4 Å². The molecule has 29 heavy (non-hydrogen) atoms. The molecule has 0 radical (unpaired) electrons. The first-order valence-corrected chi connectivity index (χ1v) is 10.7. The van der Waals surface area contributed by atoms with Crippen LogP contribution in [-0.2, 0) is 0 Å². The maximum Gasteiger partial charge on any atom is 0.159 e. The van der Waals surface area contributed by atoms with Crippen molar-refractivity contribution in [1.29, 1.82) is 0 Å². The lowest BCUT2D eigenvalue weighted by atomic mass is 9.75. The van der Waals surface area contributed by atoms with Crippen LogP contribution >= 0.6 is 0 Å². The highest BCUT2D eigenvalue weighted by molar-refractivity contribution is 5.63. The van der Waals surface area contributed by atoms with Gasteiger partial charge in [-0.25, -0.2) is 8.78 Å². The zero-order valence-corrected chi connectivity index (χ0v) is 17.0. The van der Waals surface area contributed by atoms with Gasteiger partial charge in [0, 0.05) is 0 Å². The van der Waals surface area contributed by atoms with Gasteiger partial charge in [-0.05, 0) is 84.2 Å². The van der Waals surface area contributed by atoms with Crippen LogP contribution < -0.4 is 0 Å². The number of hydrogen-bond donors (Lipinski definition) is 0. The van der Waals surface area contributed by atoms with Gasteiger partial charge in [0.2, 0.25) is 0 Å². The van der Waals surface area contributed by atoms with Crippen molar-refractivity contribution in [3.8, 4) is 11.1 Å². The lowest BCUT2D eigenvalue weighted by Gasteiger charge is -2.30. The highest BCUT2D eigenvalue weighted by atomic mass is 19.2. The van der Waals surface area contributed by atoms with E-state index in [0.29, 0.717) is 17.4 Å². The van der Waals surface area contributed by atoms with Gasteiger partial charge >= 0.3 is 0 Å². The molecule has 0 N–H and O–H groups in total. The molecule has 0 aromatic heterocycles. The van der Waals surface area contributed by atoms with Gasteiger partial charge < -0.3 is 0 Å². The van der Waals surface area contributed by atoms with E-state index in [1.54, 1.807) is 6.07 Å². The lowest BCUT2D eigenvalue weighted by Crippen LogP contribution is -2.15. The van der Waals surface area contributed by atoms with Gasteiger partial charge in [-0.15, -0.1) is 0 Å². The quantitative estimate of drug-likeness (QED) is 0.413. The minimum atomic E-state index is -0.802. The fourth-order valence-corrected chi connectivity index (χ4v) is 4.77. The molecule has 0 heterocycles. The van der Waals surface area contributed by atoms with Gasteiger partial charge in [-0.1, -0.05) is 67.6 Å². The summed E-state index contributed by atoms with van der Waals surface area (Å²) in [5.74, 6) is 0.437. The van der Waals surface area contributed by atoms with Crippen LogP contribution in [0.15, 0.2) is 72.8 Å². The predicted molar refractivity (Wildman–Crippen MR) is 116 cm³/mol. The number of hydrogen-bond acceptors (Lipinski definition) is 0. The van der Waals surface area contributed by atoms with Gasteiger partial charge in [0.05, 0.1) is 0 Å². The SMILES string of the molecule is C[C@H](CC1CCC(c2ccc(-c3ccc(F)c(F)c3)cc2)CC1)c1ccccc1. The van der Waals surface area contributed by atoms with Crippen LogP contribution in [-0.4, -0.2) is 0 Å². The van der Waals surface area contributed by atoms with Crippen LogP contribution in [0, 0.1) is 17.6 Å².